The second kappa shape index (κ2) is 4.93. The SMILES string of the molecule is CN1CCC(C(CN)c2ccc(F)cc2)C1. The Kier molecular flexibility index (Phi) is 3.56. The highest BCUT2D eigenvalue weighted by molar-refractivity contribution is 5.22. The van der Waals surface area contributed by atoms with Gasteiger partial charge in [0.15, 0.2) is 0 Å². The zero-order chi connectivity index (χ0) is 11.5. The van der Waals surface area contributed by atoms with Crippen molar-refractivity contribution in [3.05, 3.63) is 35.6 Å². The van der Waals surface area contributed by atoms with Crippen LogP contribution < -0.4 is 5.73 Å². The first-order valence-corrected chi connectivity index (χ1v) is 5.85. The van der Waals surface area contributed by atoms with E-state index in [0.717, 1.165) is 13.1 Å². The molecule has 2 unspecified atom stereocenters. The second-order valence-electron chi connectivity index (χ2n) is 4.70. The number of hydrogen-bond donors (Lipinski definition) is 1. The molecule has 3 heteroatoms. The number of nitrogens with zero attached hydrogens (tertiary/aromatic N) is 1. The zero-order valence-electron chi connectivity index (χ0n) is 9.70. The molecule has 1 saturated heterocycles. The number of halogens is 1. The molecule has 0 amide bonds. The van der Waals surface area contributed by atoms with E-state index in [1.54, 1.807) is 0 Å². The first-order chi connectivity index (χ1) is 7.70. The van der Waals surface area contributed by atoms with E-state index in [9.17, 15) is 4.39 Å². The average Bonchev–Trinajstić information content (AvgIpc) is 2.69. The van der Waals surface area contributed by atoms with Crippen molar-refractivity contribution < 1.29 is 4.39 Å². The fourth-order valence-corrected chi connectivity index (χ4v) is 2.61. The Morgan fingerprint density at radius 3 is 2.62 bits per heavy atom. The molecule has 0 saturated carbocycles. The molecule has 2 nitrogen and oxygen atoms in total. The largest absolute Gasteiger partial charge is 0.330 e. The van der Waals surface area contributed by atoms with E-state index < -0.39 is 0 Å². The number of likely N-dealkylation sites (tertiary alicyclic amines) is 1. The molecule has 0 aromatic heterocycles. The van der Waals surface area contributed by atoms with Crippen LogP contribution in [0, 0.1) is 11.7 Å². The molecule has 1 heterocycles. The summed E-state index contributed by atoms with van der Waals surface area (Å²) in [7, 11) is 2.14. The molecular formula is C13H19FN2. The molecule has 0 radical (unpaired) electrons. The van der Waals surface area contributed by atoms with E-state index in [1.165, 1.54) is 24.1 Å². The number of benzene rings is 1. The minimum Gasteiger partial charge on any atom is -0.330 e. The van der Waals surface area contributed by atoms with Gasteiger partial charge in [0.1, 0.15) is 5.82 Å². The van der Waals surface area contributed by atoms with Gasteiger partial charge >= 0.3 is 0 Å². The van der Waals surface area contributed by atoms with Crippen LogP contribution in [0.4, 0.5) is 4.39 Å². The maximum atomic E-state index is 12.9. The van der Waals surface area contributed by atoms with Crippen molar-refractivity contribution in [1.29, 1.82) is 0 Å². The Morgan fingerprint density at radius 1 is 1.44 bits per heavy atom. The van der Waals surface area contributed by atoms with E-state index in [1.807, 2.05) is 12.1 Å². The van der Waals surface area contributed by atoms with Crippen molar-refractivity contribution >= 4 is 0 Å². The molecule has 0 aliphatic carbocycles. The third kappa shape index (κ3) is 2.42. The maximum absolute atomic E-state index is 12.9. The van der Waals surface area contributed by atoms with Crippen LogP contribution in [-0.4, -0.2) is 31.6 Å². The van der Waals surface area contributed by atoms with E-state index in [-0.39, 0.29) is 5.82 Å². The van der Waals surface area contributed by atoms with Gasteiger partial charge in [0.25, 0.3) is 0 Å². The maximum Gasteiger partial charge on any atom is 0.123 e. The molecule has 2 atom stereocenters. The number of nitrogens with two attached hydrogens (primary N) is 1. The summed E-state index contributed by atoms with van der Waals surface area (Å²) in [5.41, 5.74) is 7.03. The van der Waals surface area contributed by atoms with Gasteiger partial charge in [-0.05, 0) is 50.2 Å². The Labute approximate surface area is 96.2 Å². The normalized spacial score (nSPS) is 23.6. The van der Waals surface area contributed by atoms with Crippen molar-refractivity contribution in [2.75, 3.05) is 26.7 Å². The van der Waals surface area contributed by atoms with Crippen molar-refractivity contribution in [2.24, 2.45) is 11.7 Å². The van der Waals surface area contributed by atoms with Gasteiger partial charge in [0.2, 0.25) is 0 Å². The van der Waals surface area contributed by atoms with Gasteiger partial charge in [-0.2, -0.15) is 0 Å². The summed E-state index contributed by atoms with van der Waals surface area (Å²) >= 11 is 0. The van der Waals surface area contributed by atoms with E-state index in [2.05, 4.69) is 11.9 Å². The molecule has 2 N–H and O–H groups in total. The summed E-state index contributed by atoms with van der Waals surface area (Å²) in [5.74, 6) is 0.800. The van der Waals surface area contributed by atoms with E-state index in [4.69, 9.17) is 5.73 Å². The highest BCUT2D eigenvalue weighted by Crippen LogP contribution is 2.30. The van der Waals surface area contributed by atoms with Crippen LogP contribution in [-0.2, 0) is 0 Å². The van der Waals surface area contributed by atoms with Gasteiger partial charge in [0.05, 0.1) is 0 Å². The predicted octanol–water partition coefficient (Wildman–Crippen LogP) is 1.82. The van der Waals surface area contributed by atoms with Crippen molar-refractivity contribution in [2.45, 2.75) is 12.3 Å². The summed E-state index contributed by atoms with van der Waals surface area (Å²) in [5, 5.41) is 0. The quantitative estimate of drug-likeness (QED) is 0.845. The molecule has 0 spiro atoms. The van der Waals surface area contributed by atoms with Crippen molar-refractivity contribution in [3.8, 4) is 0 Å². The van der Waals surface area contributed by atoms with Crippen molar-refractivity contribution in [3.63, 3.8) is 0 Å². The minimum absolute atomic E-state index is 0.178. The molecule has 16 heavy (non-hydrogen) atoms. The first kappa shape index (κ1) is 11.6. The Bertz CT molecular complexity index is 336. The predicted molar refractivity (Wildman–Crippen MR) is 63.8 cm³/mol. The van der Waals surface area contributed by atoms with Gasteiger partial charge in [0, 0.05) is 12.5 Å². The third-order valence-electron chi connectivity index (χ3n) is 3.55. The van der Waals surface area contributed by atoms with Crippen molar-refractivity contribution in [1.82, 2.24) is 4.90 Å². The van der Waals surface area contributed by atoms with Gasteiger partial charge < -0.3 is 10.6 Å². The third-order valence-corrected chi connectivity index (χ3v) is 3.55. The molecule has 0 bridgehead atoms. The summed E-state index contributed by atoms with van der Waals surface area (Å²) in [4.78, 5) is 2.33. The highest BCUT2D eigenvalue weighted by atomic mass is 19.1. The Balaban J connectivity index is 2.13. The molecule has 2 rings (SSSR count). The summed E-state index contributed by atoms with van der Waals surface area (Å²) in [6.07, 6.45) is 1.19. The van der Waals surface area contributed by atoms with E-state index in [0.29, 0.717) is 18.4 Å². The average molecular weight is 222 g/mol. The van der Waals surface area contributed by atoms with Crippen LogP contribution in [0.1, 0.15) is 17.9 Å². The monoisotopic (exact) mass is 222 g/mol. The molecular weight excluding hydrogens is 203 g/mol. The lowest BCUT2D eigenvalue weighted by Gasteiger charge is -2.22. The summed E-state index contributed by atoms with van der Waals surface area (Å²) < 4.78 is 12.9. The van der Waals surface area contributed by atoms with Gasteiger partial charge in [-0.3, -0.25) is 0 Å². The first-order valence-electron chi connectivity index (χ1n) is 5.85. The van der Waals surface area contributed by atoms with Gasteiger partial charge in [-0.15, -0.1) is 0 Å². The Hall–Kier alpha value is -0.930. The lowest BCUT2D eigenvalue weighted by atomic mass is 9.85. The topological polar surface area (TPSA) is 29.3 Å². The standard InChI is InChI=1S/C13H19FN2/c1-16-7-6-11(9-16)13(8-15)10-2-4-12(14)5-3-10/h2-5,11,13H,6-9,15H2,1H3. The van der Waals surface area contributed by atoms with Crippen LogP contribution in [0.2, 0.25) is 0 Å². The fraction of sp³-hybridized carbons (Fsp3) is 0.538. The van der Waals surface area contributed by atoms with Gasteiger partial charge in [-0.25, -0.2) is 4.39 Å². The summed E-state index contributed by atoms with van der Waals surface area (Å²) in [6.45, 7) is 2.88. The minimum atomic E-state index is -0.178. The zero-order valence-corrected chi connectivity index (χ0v) is 9.70. The smallest absolute Gasteiger partial charge is 0.123 e. The molecule has 1 fully saturated rings. The Morgan fingerprint density at radius 2 is 2.12 bits per heavy atom. The van der Waals surface area contributed by atoms with Gasteiger partial charge in [-0.1, -0.05) is 12.1 Å². The van der Waals surface area contributed by atoms with E-state index >= 15 is 0 Å². The van der Waals surface area contributed by atoms with Crippen LogP contribution in [0.15, 0.2) is 24.3 Å². The molecule has 1 aromatic rings. The number of rotatable bonds is 3. The molecule has 1 aliphatic heterocycles. The second-order valence-corrected chi connectivity index (χ2v) is 4.70. The molecule has 1 aromatic carbocycles. The fourth-order valence-electron chi connectivity index (χ4n) is 2.61. The van der Waals surface area contributed by atoms with Crippen LogP contribution in [0.5, 0.6) is 0 Å². The highest BCUT2D eigenvalue weighted by Gasteiger charge is 2.27. The van der Waals surface area contributed by atoms with Crippen LogP contribution in [0.25, 0.3) is 0 Å². The van der Waals surface area contributed by atoms with Crippen LogP contribution in [0.3, 0.4) is 0 Å². The lowest BCUT2D eigenvalue weighted by molar-refractivity contribution is 0.371. The lowest BCUT2D eigenvalue weighted by Crippen LogP contribution is -2.24. The number of hydrogen-bond acceptors (Lipinski definition) is 2. The molecule has 88 valence electrons. The van der Waals surface area contributed by atoms with Crippen LogP contribution >= 0.6 is 0 Å². The molecule has 1 aliphatic rings. The summed E-state index contributed by atoms with van der Waals surface area (Å²) in [6, 6.07) is 6.78.